The normalized spacial score (nSPS) is 13.2. The predicted molar refractivity (Wildman–Crippen MR) is 30.8 cm³/mol. The van der Waals surface area contributed by atoms with Crippen molar-refractivity contribution in [3.63, 3.8) is 0 Å². The van der Waals surface area contributed by atoms with E-state index in [0.29, 0.717) is 0 Å². The summed E-state index contributed by atoms with van der Waals surface area (Å²) in [5.74, 6) is -0.758. The maximum atomic E-state index is 9.93. The van der Waals surface area contributed by atoms with E-state index in [2.05, 4.69) is 5.32 Å². The summed E-state index contributed by atoms with van der Waals surface area (Å²) in [5, 5.41) is 11.0. The van der Waals surface area contributed by atoms with Gasteiger partial charge in [-0.05, 0) is 14.0 Å². The highest BCUT2D eigenvalue weighted by molar-refractivity contribution is 5.67. The van der Waals surface area contributed by atoms with Gasteiger partial charge in [-0.25, -0.2) is 0 Å². The van der Waals surface area contributed by atoms with Gasteiger partial charge in [0.1, 0.15) is 0 Å². The fraction of sp³-hybridized carbons (Fsp3) is 0.800. The minimum absolute atomic E-state index is 0.0764. The molecular weight excluding hydrogens is 106 g/mol. The van der Waals surface area contributed by atoms with Crippen molar-refractivity contribution >= 4 is 5.97 Å². The highest BCUT2D eigenvalue weighted by atomic mass is 16.4. The van der Waals surface area contributed by atoms with Crippen LogP contribution in [0.15, 0.2) is 0 Å². The molecule has 0 amide bonds. The SMILES string of the molecule is CN[C@H](C)CC(=O)O. The maximum absolute atomic E-state index is 9.93. The molecule has 0 saturated carbocycles. The Bertz CT molecular complexity index is 82.5. The fourth-order valence-corrected chi connectivity index (χ4v) is 0.364. The van der Waals surface area contributed by atoms with Crippen molar-refractivity contribution in [1.29, 1.82) is 0 Å². The first-order valence-corrected chi connectivity index (χ1v) is 2.56. The molecule has 0 fully saturated rings. The monoisotopic (exact) mass is 117 g/mol. The smallest absolute Gasteiger partial charge is 0.304 e. The van der Waals surface area contributed by atoms with Crippen molar-refractivity contribution < 1.29 is 9.90 Å². The lowest BCUT2D eigenvalue weighted by Crippen LogP contribution is -2.24. The van der Waals surface area contributed by atoms with E-state index < -0.39 is 5.97 Å². The third kappa shape index (κ3) is 3.61. The number of aliphatic carboxylic acids is 1. The Morgan fingerprint density at radius 1 is 1.88 bits per heavy atom. The van der Waals surface area contributed by atoms with Crippen LogP contribution in [0.4, 0.5) is 0 Å². The molecule has 2 N–H and O–H groups in total. The molecule has 0 unspecified atom stereocenters. The summed E-state index contributed by atoms with van der Waals surface area (Å²) in [6.45, 7) is 1.83. The van der Waals surface area contributed by atoms with Gasteiger partial charge in [-0.15, -0.1) is 0 Å². The Hall–Kier alpha value is -0.570. The number of rotatable bonds is 3. The summed E-state index contributed by atoms with van der Waals surface area (Å²) < 4.78 is 0. The molecule has 48 valence electrons. The van der Waals surface area contributed by atoms with Gasteiger partial charge in [-0.1, -0.05) is 0 Å². The topological polar surface area (TPSA) is 49.3 Å². The minimum atomic E-state index is -0.758. The molecule has 0 aromatic carbocycles. The van der Waals surface area contributed by atoms with Gasteiger partial charge in [-0.2, -0.15) is 0 Å². The van der Waals surface area contributed by atoms with Crippen LogP contribution < -0.4 is 5.32 Å². The zero-order chi connectivity index (χ0) is 6.57. The zero-order valence-electron chi connectivity index (χ0n) is 5.14. The van der Waals surface area contributed by atoms with Crippen LogP contribution in [0.25, 0.3) is 0 Å². The van der Waals surface area contributed by atoms with Crippen LogP contribution in [0.2, 0.25) is 0 Å². The molecule has 0 aromatic rings. The van der Waals surface area contributed by atoms with E-state index in [1.807, 2.05) is 6.92 Å². The molecule has 8 heavy (non-hydrogen) atoms. The van der Waals surface area contributed by atoms with Gasteiger partial charge in [0.25, 0.3) is 0 Å². The van der Waals surface area contributed by atoms with Gasteiger partial charge >= 0.3 is 5.97 Å². The molecule has 0 spiro atoms. The van der Waals surface area contributed by atoms with E-state index in [1.54, 1.807) is 7.05 Å². The van der Waals surface area contributed by atoms with Crippen LogP contribution in [0, 0.1) is 0 Å². The first kappa shape index (κ1) is 7.43. The van der Waals surface area contributed by atoms with Gasteiger partial charge in [0, 0.05) is 6.04 Å². The average Bonchev–Trinajstić information content (AvgIpc) is 1.65. The fourth-order valence-electron chi connectivity index (χ4n) is 0.364. The maximum Gasteiger partial charge on any atom is 0.304 e. The first-order chi connectivity index (χ1) is 3.66. The molecule has 0 aliphatic rings. The van der Waals surface area contributed by atoms with Crippen LogP contribution in [0.1, 0.15) is 13.3 Å². The third-order valence-electron chi connectivity index (χ3n) is 0.974. The second kappa shape index (κ2) is 3.43. The van der Waals surface area contributed by atoms with E-state index in [9.17, 15) is 4.79 Å². The molecule has 0 saturated heterocycles. The highest BCUT2D eigenvalue weighted by Gasteiger charge is 2.02. The zero-order valence-corrected chi connectivity index (χ0v) is 5.14. The number of hydrogen-bond acceptors (Lipinski definition) is 2. The van der Waals surface area contributed by atoms with Gasteiger partial charge in [0.15, 0.2) is 0 Å². The molecule has 0 heterocycles. The lowest BCUT2D eigenvalue weighted by Gasteiger charge is -2.03. The predicted octanol–water partition coefficient (Wildman–Crippen LogP) is 0.0690. The molecule has 0 aliphatic carbocycles. The number of carbonyl (C=O) groups is 1. The molecule has 0 aliphatic heterocycles. The Kier molecular flexibility index (Phi) is 3.19. The molecule has 1 atom stereocenters. The van der Waals surface area contributed by atoms with Crippen molar-refractivity contribution in [2.75, 3.05) is 7.05 Å². The molecule has 0 bridgehead atoms. The molecule has 0 radical (unpaired) electrons. The third-order valence-corrected chi connectivity index (χ3v) is 0.974. The Morgan fingerprint density at radius 2 is 2.38 bits per heavy atom. The van der Waals surface area contributed by atoms with Crippen molar-refractivity contribution in [2.45, 2.75) is 19.4 Å². The number of carboxylic acids is 1. The van der Waals surface area contributed by atoms with Crippen molar-refractivity contribution in [2.24, 2.45) is 0 Å². The van der Waals surface area contributed by atoms with Gasteiger partial charge in [-0.3, -0.25) is 4.79 Å². The van der Waals surface area contributed by atoms with Gasteiger partial charge in [0.2, 0.25) is 0 Å². The first-order valence-electron chi connectivity index (χ1n) is 2.56. The average molecular weight is 117 g/mol. The summed E-state index contributed by atoms with van der Waals surface area (Å²) in [6, 6.07) is 0.0764. The van der Waals surface area contributed by atoms with Crippen LogP contribution in [0.3, 0.4) is 0 Å². The number of carboxylic acid groups (broad SMARTS) is 1. The van der Waals surface area contributed by atoms with Gasteiger partial charge in [0.05, 0.1) is 6.42 Å². The van der Waals surface area contributed by atoms with E-state index in [4.69, 9.17) is 5.11 Å². The lowest BCUT2D eigenvalue weighted by molar-refractivity contribution is -0.137. The Labute approximate surface area is 48.7 Å². The van der Waals surface area contributed by atoms with Crippen molar-refractivity contribution in [3.8, 4) is 0 Å². The Morgan fingerprint density at radius 3 is 2.50 bits per heavy atom. The largest absolute Gasteiger partial charge is 0.481 e. The van der Waals surface area contributed by atoms with E-state index in [1.165, 1.54) is 0 Å². The van der Waals surface area contributed by atoms with E-state index >= 15 is 0 Å². The van der Waals surface area contributed by atoms with E-state index in [0.717, 1.165) is 0 Å². The number of hydrogen-bond donors (Lipinski definition) is 2. The van der Waals surface area contributed by atoms with Crippen LogP contribution >= 0.6 is 0 Å². The summed E-state index contributed by atoms with van der Waals surface area (Å²) in [7, 11) is 1.74. The van der Waals surface area contributed by atoms with Crippen LogP contribution in [-0.2, 0) is 4.79 Å². The minimum Gasteiger partial charge on any atom is -0.481 e. The van der Waals surface area contributed by atoms with E-state index in [-0.39, 0.29) is 12.5 Å². The van der Waals surface area contributed by atoms with Crippen molar-refractivity contribution in [1.82, 2.24) is 5.32 Å². The Balaban J connectivity index is 3.24. The summed E-state index contributed by atoms with van der Waals surface area (Å²) in [4.78, 5) is 9.93. The molecule has 3 heteroatoms. The van der Waals surface area contributed by atoms with Gasteiger partial charge < -0.3 is 10.4 Å². The summed E-state index contributed by atoms with van der Waals surface area (Å²) in [5.41, 5.74) is 0. The second-order valence-electron chi connectivity index (χ2n) is 1.79. The standard InChI is InChI=1S/C5H11NO2/c1-4(6-2)3-5(7)8/h4,6H,3H2,1-2H3,(H,7,8)/t4-/m1/s1. The number of nitrogens with one attached hydrogen (secondary N) is 1. The molecule has 0 aromatic heterocycles. The lowest BCUT2D eigenvalue weighted by atomic mass is 10.2. The quantitative estimate of drug-likeness (QED) is 0.550. The summed E-state index contributed by atoms with van der Waals surface area (Å²) in [6.07, 6.45) is 0.191. The van der Waals surface area contributed by atoms with Crippen LogP contribution in [-0.4, -0.2) is 24.2 Å². The molecule has 0 rings (SSSR count). The highest BCUT2D eigenvalue weighted by Crippen LogP contribution is 1.86. The van der Waals surface area contributed by atoms with Crippen molar-refractivity contribution in [3.05, 3.63) is 0 Å². The molecular formula is C5H11NO2. The van der Waals surface area contributed by atoms with Crippen LogP contribution in [0.5, 0.6) is 0 Å². The summed E-state index contributed by atoms with van der Waals surface area (Å²) >= 11 is 0. The second-order valence-corrected chi connectivity index (χ2v) is 1.79. The molecule has 3 nitrogen and oxygen atoms in total.